The molecule has 4 rings (SSSR count). The third-order valence-electron chi connectivity index (χ3n) is 6.21. The van der Waals surface area contributed by atoms with Gasteiger partial charge in [0, 0.05) is 33.1 Å². The molecule has 2 aromatic rings. The molecule has 0 radical (unpaired) electrons. The Morgan fingerprint density at radius 2 is 1.94 bits per heavy atom. The Balaban J connectivity index is 1.32. The van der Waals surface area contributed by atoms with Crippen LogP contribution in [0.4, 0.5) is 5.88 Å². The van der Waals surface area contributed by atoms with E-state index in [0.29, 0.717) is 50.7 Å². The van der Waals surface area contributed by atoms with Gasteiger partial charge < -0.3 is 28.7 Å². The molecule has 0 bridgehead atoms. The Hall–Kier alpha value is -3.81. The molecular weight excluding hydrogens is 442 g/mol. The number of ether oxygens (including phenoxy) is 1. The number of nitrogens with zero attached hydrogens (tertiary/aromatic N) is 4. The summed E-state index contributed by atoms with van der Waals surface area (Å²) < 4.78 is 16.4. The van der Waals surface area contributed by atoms with Crippen LogP contribution in [0.25, 0.3) is 11.7 Å². The highest BCUT2D eigenvalue weighted by molar-refractivity contribution is 5.89. The maximum Gasteiger partial charge on any atom is 0.332 e. The van der Waals surface area contributed by atoms with E-state index in [2.05, 4.69) is 10.3 Å². The van der Waals surface area contributed by atoms with Gasteiger partial charge in [-0.1, -0.05) is 19.3 Å². The average molecular weight is 469 g/mol. The molecule has 11 nitrogen and oxygen atoms in total. The molecule has 1 N–H and O–H groups in total. The first kappa shape index (κ1) is 23.4. The van der Waals surface area contributed by atoms with Crippen molar-refractivity contribution in [3.05, 3.63) is 24.1 Å². The van der Waals surface area contributed by atoms with Crippen LogP contribution in [-0.4, -0.2) is 66.0 Å². The molecule has 2 aliphatic rings. The average Bonchev–Trinajstić information content (AvgIpc) is 3.52. The van der Waals surface area contributed by atoms with Crippen LogP contribution in [-0.2, 0) is 19.1 Å². The van der Waals surface area contributed by atoms with Gasteiger partial charge in [-0.2, -0.15) is 10.2 Å². The molecule has 180 valence electrons. The minimum atomic E-state index is -1.05. The molecule has 0 aromatic carbocycles. The highest BCUT2D eigenvalue weighted by atomic mass is 16.5. The van der Waals surface area contributed by atoms with E-state index in [-0.39, 0.29) is 30.0 Å². The van der Waals surface area contributed by atoms with Crippen molar-refractivity contribution in [2.75, 3.05) is 37.7 Å². The zero-order valence-electron chi connectivity index (χ0n) is 19.0. The van der Waals surface area contributed by atoms with Gasteiger partial charge in [0.15, 0.2) is 12.4 Å². The molecule has 34 heavy (non-hydrogen) atoms. The lowest BCUT2D eigenvalue weighted by Crippen LogP contribution is -2.56. The highest BCUT2D eigenvalue weighted by Gasteiger charge is 2.42. The summed E-state index contributed by atoms with van der Waals surface area (Å²) in [5, 5.41) is 12.2. The van der Waals surface area contributed by atoms with Gasteiger partial charge in [0.1, 0.15) is 11.6 Å². The van der Waals surface area contributed by atoms with Crippen LogP contribution in [0.1, 0.15) is 44.7 Å². The fourth-order valence-electron chi connectivity index (χ4n) is 4.49. The lowest BCUT2D eigenvalue weighted by atomic mass is 9.81. The summed E-state index contributed by atoms with van der Waals surface area (Å²) in [5.74, 6) is -0.176. The van der Waals surface area contributed by atoms with E-state index >= 15 is 0 Å². The summed E-state index contributed by atoms with van der Waals surface area (Å²) in [6.45, 7) is 2.59. The number of hydrogen-bond donors (Lipinski definition) is 1. The maximum absolute atomic E-state index is 12.8. The number of anilines is 1. The predicted octanol–water partition coefficient (Wildman–Crippen LogP) is 1.84. The largest absolute Gasteiger partial charge is 0.459 e. The smallest absolute Gasteiger partial charge is 0.332 e. The minimum absolute atomic E-state index is 0.149. The second-order valence-corrected chi connectivity index (χ2v) is 8.53. The normalized spacial score (nSPS) is 17.6. The van der Waals surface area contributed by atoms with Crippen molar-refractivity contribution in [1.82, 2.24) is 15.2 Å². The summed E-state index contributed by atoms with van der Waals surface area (Å²) in [5.41, 5.74) is -0.898. The first-order valence-corrected chi connectivity index (χ1v) is 11.4. The van der Waals surface area contributed by atoms with Crippen molar-refractivity contribution < 1.29 is 28.0 Å². The number of nitrogens with one attached hydrogen (secondary N) is 1. The number of rotatable bonds is 6. The Kier molecular flexibility index (Phi) is 6.86. The molecule has 1 aliphatic heterocycles. The molecule has 11 heteroatoms. The van der Waals surface area contributed by atoms with Crippen LogP contribution >= 0.6 is 0 Å². The van der Waals surface area contributed by atoms with Crippen LogP contribution < -0.4 is 10.2 Å². The van der Waals surface area contributed by atoms with Crippen molar-refractivity contribution in [3.8, 4) is 17.7 Å². The Morgan fingerprint density at radius 3 is 2.56 bits per heavy atom. The number of piperazine rings is 1. The predicted molar refractivity (Wildman–Crippen MR) is 118 cm³/mol. The number of hydrogen-bond acceptors (Lipinski definition) is 9. The zero-order valence-corrected chi connectivity index (χ0v) is 19.0. The van der Waals surface area contributed by atoms with Crippen molar-refractivity contribution in [1.29, 1.82) is 5.26 Å². The van der Waals surface area contributed by atoms with Crippen LogP contribution in [0.15, 0.2) is 27.2 Å². The van der Waals surface area contributed by atoms with Crippen molar-refractivity contribution in [2.24, 2.45) is 0 Å². The van der Waals surface area contributed by atoms with Gasteiger partial charge in [-0.3, -0.25) is 9.59 Å². The quantitative estimate of drug-likeness (QED) is 0.627. The molecule has 1 aliphatic carbocycles. The van der Waals surface area contributed by atoms with Gasteiger partial charge in [-0.05, 0) is 25.0 Å². The molecule has 0 atom stereocenters. The van der Waals surface area contributed by atoms with Gasteiger partial charge in [0.05, 0.1) is 6.26 Å². The number of amides is 2. The first-order chi connectivity index (χ1) is 16.4. The van der Waals surface area contributed by atoms with Gasteiger partial charge in [0.25, 0.3) is 11.8 Å². The van der Waals surface area contributed by atoms with Crippen molar-refractivity contribution in [3.63, 3.8) is 0 Å². The summed E-state index contributed by atoms with van der Waals surface area (Å²) in [6.07, 6.45) is 5.15. The first-order valence-electron chi connectivity index (χ1n) is 11.4. The molecular formula is C23H27N5O6. The molecule has 0 unspecified atom stereocenters. The zero-order chi connectivity index (χ0) is 24.1. The number of esters is 1. The summed E-state index contributed by atoms with van der Waals surface area (Å²) in [7, 11) is 0. The summed E-state index contributed by atoms with van der Waals surface area (Å²) in [6, 6.07) is 5.43. The van der Waals surface area contributed by atoms with Crippen molar-refractivity contribution >= 4 is 23.7 Å². The molecule has 2 amide bonds. The fourth-order valence-corrected chi connectivity index (χ4v) is 4.49. The van der Waals surface area contributed by atoms with Crippen LogP contribution in [0.2, 0.25) is 0 Å². The number of carbonyl (C=O) groups excluding carboxylic acids is 3. The van der Waals surface area contributed by atoms with E-state index in [0.717, 1.165) is 19.3 Å². The standard InChI is InChI=1S/C23H27N5O6/c1-16(29)26-23(7-3-2-4-8-23)22(31)33-15-19(30)27-9-11-28(12-10-27)21-17(14-24)25-20(34-21)18-6-5-13-32-18/h5-6,13H,2-4,7-12,15H2,1H3,(H,26,29). The molecule has 1 saturated heterocycles. The third kappa shape index (κ3) is 4.90. The Labute approximate surface area is 196 Å². The summed E-state index contributed by atoms with van der Waals surface area (Å²) >= 11 is 0. The van der Waals surface area contributed by atoms with Gasteiger partial charge >= 0.3 is 5.97 Å². The highest BCUT2D eigenvalue weighted by Crippen LogP contribution is 2.30. The second kappa shape index (κ2) is 9.99. The summed E-state index contributed by atoms with van der Waals surface area (Å²) in [4.78, 5) is 44.7. The van der Waals surface area contributed by atoms with Crippen LogP contribution in [0, 0.1) is 11.3 Å². The number of aromatic nitrogens is 1. The van der Waals surface area contributed by atoms with E-state index in [1.54, 1.807) is 17.0 Å². The monoisotopic (exact) mass is 469 g/mol. The fraction of sp³-hybridized carbons (Fsp3) is 0.522. The molecule has 2 fully saturated rings. The Morgan fingerprint density at radius 1 is 1.21 bits per heavy atom. The lowest BCUT2D eigenvalue weighted by molar-refractivity contribution is -0.160. The van der Waals surface area contributed by atoms with E-state index in [4.69, 9.17) is 13.6 Å². The van der Waals surface area contributed by atoms with Crippen molar-refractivity contribution in [2.45, 2.75) is 44.6 Å². The van der Waals surface area contributed by atoms with E-state index < -0.39 is 11.5 Å². The SMILES string of the molecule is CC(=O)NC1(C(=O)OCC(=O)N2CCN(c3oc(-c4ccco4)nc3C#N)CC2)CCCCC1. The Bertz CT molecular complexity index is 1070. The number of oxazole rings is 1. The van der Waals surface area contributed by atoms with Gasteiger partial charge in [-0.15, -0.1) is 0 Å². The molecule has 0 spiro atoms. The number of furan rings is 1. The molecule has 2 aromatic heterocycles. The third-order valence-corrected chi connectivity index (χ3v) is 6.21. The molecule has 3 heterocycles. The molecule has 1 saturated carbocycles. The van der Waals surface area contributed by atoms with Gasteiger partial charge in [0.2, 0.25) is 17.5 Å². The van der Waals surface area contributed by atoms with Crippen LogP contribution in [0.3, 0.4) is 0 Å². The van der Waals surface area contributed by atoms with Crippen LogP contribution in [0.5, 0.6) is 0 Å². The minimum Gasteiger partial charge on any atom is -0.459 e. The van der Waals surface area contributed by atoms with E-state index in [1.807, 2.05) is 11.0 Å². The number of carbonyl (C=O) groups is 3. The number of nitriles is 1. The topological polar surface area (TPSA) is 142 Å². The maximum atomic E-state index is 12.8. The van der Waals surface area contributed by atoms with E-state index in [1.165, 1.54) is 13.2 Å². The lowest BCUT2D eigenvalue weighted by Gasteiger charge is -2.36. The van der Waals surface area contributed by atoms with Gasteiger partial charge in [-0.25, -0.2) is 4.79 Å². The van der Waals surface area contributed by atoms with E-state index in [9.17, 15) is 19.6 Å². The second-order valence-electron chi connectivity index (χ2n) is 8.53.